The Morgan fingerprint density at radius 2 is 2.17 bits per heavy atom. The predicted octanol–water partition coefficient (Wildman–Crippen LogP) is 2.99. The molecule has 6 heteroatoms. The Bertz CT molecular complexity index is 912. The van der Waals surface area contributed by atoms with Crippen molar-refractivity contribution in [2.24, 2.45) is 0 Å². The SMILES string of the molecule is C=C/C=C(\C=C)N(CCOC)c1nc2nncn2c2ccccc12. The molecule has 0 amide bonds. The number of aromatic nitrogens is 4. The fourth-order valence-corrected chi connectivity index (χ4v) is 2.64. The van der Waals surface area contributed by atoms with Gasteiger partial charge in [-0.2, -0.15) is 4.98 Å². The van der Waals surface area contributed by atoms with Crippen LogP contribution in [0.4, 0.5) is 5.82 Å². The maximum Gasteiger partial charge on any atom is 0.257 e. The van der Waals surface area contributed by atoms with Crippen LogP contribution in [-0.4, -0.2) is 39.8 Å². The van der Waals surface area contributed by atoms with Crippen LogP contribution in [-0.2, 0) is 4.74 Å². The zero-order valence-electron chi connectivity index (χ0n) is 13.6. The highest BCUT2D eigenvalue weighted by Gasteiger charge is 2.17. The monoisotopic (exact) mass is 321 g/mol. The summed E-state index contributed by atoms with van der Waals surface area (Å²) in [5.74, 6) is 1.34. The molecule has 122 valence electrons. The van der Waals surface area contributed by atoms with Crippen LogP contribution in [0.1, 0.15) is 0 Å². The van der Waals surface area contributed by atoms with Gasteiger partial charge in [0.15, 0.2) is 0 Å². The lowest BCUT2D eigenvalue weighted by Gasteiger charge is -2.25. The summed E-state index contributed by atoms with van der Waals surface area (Å²) in [6.45, 7) is 8.87. The molecule has 0 radical (unpaired) electrons. The lowest BCUT2D eigenvalue weighted by molar-refractivity contribution is 0.206. The van der Waals surface area contributed by atoms with Crippen LogP contribution >= 0.6 is 0 Å². The summed E-state index contributed by atoms with van der Waals surface area (Å²) >= 11 is 0. The first-order valence-electron chi connectivity index (χ1n) is 7.60. The molecule has 0 saturated heterocycles. The van der Waals surface area contributed by atoms with Crippen LogP contribution in [0.2, 0.25) is 0 Å². The number of allylic oxidation sites excluding steroid dienone is 3. The summed E-state index contributed by atoms with van der Waals surface area (Å²) in [5, 5.41) is 9.07. The number of fused-ring (bicyclic) bond motifs is 3. The Hall–Kier alpha value is -2.99. The second-order valence-corrected chi connectivity index (χ2v) is 5.13. The van der Waals surface area contributed by atoms with Gasteiger partial charge in [-0.3, -0.25) is 4.40 Å². The molecule has 0 aliphatic rings. The van der Waals surface area contributed by atoms with Crippen LogP contribution < -0.4 is 4.90 Å². The number of benzene rings is 1. The summed E-state index contributed by atoms with van der Waals surface area (Å²) in [7, 11) is 1.68. The smallest absolute Gasteiger partial charge is 0.257 e. The number of hydrogen-bond donors (Lipinski definition) is 0. The Kier molecular flexibility index (Phi) is 4.67. The van der Waals surface area contributed by atoms with E-state index < -0.39 is 0 Å². The summed E-state index contributed by atoms with van der Waals surface area (Å²) in [4.78, 5) is 6.76. The van der Waals surface area contributed by atoms with Gasteiger partial charge in [0, 0.05) is 24.7 Å². The minimum absolute atomic E-state index is 0.549. The fraction of sp³-hybridized carbons (Fsp3) is 0.167. The summed E-state index contributed by atoms with van der Waals surface area (Å²) < 4.78 is 7.13. The molecule has 0 bridgehead atoms. The van der Waals surface area contributed by atoms with Crippen molar-refractivity contribution in [3.63, 3.8) is 0 Å². The minimum atomic E-state index is 0.549. The van der Waals surface area contributed by atoms with Crippen LogP contribution in [0.25, 0.3) is 16.7 Å². The van der Waals surface area contributed by atoms with E-state index in [4.69, 9.17) is 9.72 Å². The van der Waals surface area contributed by atoms with Gasteiger partial charge in [0.2, 0.25) is 0 Å². The van der Waals surface area contributed by atoms with Crippen LogP contribution in [0.15, 0.2) is 67.7 Å². The fourth-order valence-electron chi connectivity index (χ4n) is 2.64. The van der Waals surface area contributed by atoms with Crippen molar-refractivity contribution in [2.75, 3.05) is 25.2 Å². The molecule has 6 nitrogen and oxygen atoms in total. The van der Waals surface area contributed by atoms with E-state index in [-0.39, 0.29) is 0 Å². The van der Waals surface area contributed by atoms with Crippen LogP contribution in [0, 0.1) is 0 Å². The van der Waals surface area contributed by atoms with E-state index in [1.807, 2.05) is 34.7 Å². The van der Waals surface area contributed by atoms with Gasteiger partial charge in [0.05, 0.1) is 12.1 Å². The molecule has 0 atom stereocenters. The maximum atomic E-state index is 5.26. The molecule has 0 saturated carbocycles. The number of anilines is 1. The van der Waals surface area contributed by atoms with Crippen molar-refractivity contribution in [1.82, 2.24) is 19.6 Å². The Morgan fingerprint density at radius 1 is 1.33 bits per heavy atom. The quantitative estimate of drug-likeness (QED) is 0.626. The number of hydrogen-bond acceptors (Lipinski definition) is 5. The normalized spacial score (nSPS) is 11.8. The molecule has 0 unspecified atom stereocenters. The number of nitrogens with zero attached hydrogens (tertiary/aromatic N) is 5. The first-order chi connectivity index (χ1) is 11.8. The number of rotatable bonds is 7. The molecular weight excluding hydrogens is 302 g/mol. The molecule has 0 spiro atoms. The molecule has 1 aromatic carbocycles. The Balaban J connectivity index is 2.26. The van der Waals surface area contributed by atoms with Gasteiger partial charge in [0.25, 0.3) is 5.78 Å². The van der Waals surface area contributed by atoms with E-state index in [0.29, 0.717) is 18.9 Å². The Labute approximate surface area is 140 Å². The van der Waals surface area contributed by atoms with Gasteiger partial charge in [-0.1, -0.05) is 31.4 Å². The van der Waals surface area contributed by atoms with Crippen molar-refractivity contribution in [2.45, 2.75) is 0 Å². The first-order valence-corrected chi connectivity index (χ1v) is 7.60. The molecule has 2 aromatic heterocycles. The van der Waals surface area contributed by atoms with Crippen molar-refractivity contribution >= 4 is 22.5 Å². The van der Waals surface area contributed by atoms with E-state index >= 15 is 0 Å². The number of methoxy groups -OCH3 is 1. The van der Waals surface area contributed by atoms with Crippen molar-refractivity contribution in [3.8, 4) is 0 Å². The van der Waals surface area contributed by atoms with E-state index in [2.05, 4.69) is 28.3 Å². The number of para-hydroxylation sites is 1. The van der Waals surface area contributed by atoms with Crippen molar-refractivity contribution < 1.29 is 4.74 Å². The van der Waals surface area contributed by atoms with Gasteiger partial charge in [-0.25, -0.2) is 0 Å². The van der Waals surface area contributed by atoms with E-state index in [1.165, 1.54) is 0 Å². The third-order valence-corrected chi connectivity index (χ3v) is 3.72. The summed E-state index contributed by atoms with van der Waals surface area (Å²) in [6, 6.07) is 8.03. The maximum absolute atomic E-state index is 5.26. The highest BCUT2D eigenvalue weighted by molar-refractivity contribution is 5.92. The predicted molar refractivity (Wildman–Crippen MR) is 96.0 cm³/mol. The zero-order chi connectivity index (χ0) is 16.9. The van der Waals surface area contributed by atoms with Gasteiger partial charge >= 0.3 is 0 Å². The van der Waals surface area contributed by atoms with Gasteiger partial charge in [-0.05, 0) is 24.3 Å². The van der Waals surface area contributed by atoms with Gasteiger partial charge < -0.3 is 9.64 Å². The molecule has 0 N–H and O–H groups in total. The third kappa shape index (κ3) is 2.79. The highest BCUT2D eigenvalue weighted by Crippen LogP contribution is 2.28. The Morgan fingerprint density at radius 3 is 2.92 bits per heavy atom. The lowest BCUT2D eigenvalue weighted by atomic mass is 10.2. The standard InChI is InChI=1S/C18H19N5O/c1-4-8-14(5-2)22(11-12-24-3)17-15-9-6-7-10-16(15)23-13-19-21-18(23)20-17/h4-10,13H,1-2,11-12H2,3H3/b14-8+. The molecule has 0 aliphatic carbocycles. The molecule has 2 heterocycles. The van der Waals surface area contributed by atoms with Crippen molar-refractivity contribution in [1.29, 1.82) is 0 Å². The third-order valence-electron chi connectivity index (χ3n) is 3.72. The number of ether oxygens (including phenoxy) is 1. The summed E-state index contributed by atoms with van der Waals surface area (Å²) in [6.07, 6.45) is 7.07. The zero-order valence-corrected chi connectivity index (χ0v) is 13.6. The highest BCUT2D eigenvalue weighted by atomic mass is 16.5. The molecule has 24 heavy (non-hydrogen) atoms. The van der Waals surface area contributed by atoms with Crippen molar-refractivity contribution in [3.05, 3.63) is 67.7 Å². The average molecular weight is 321 g/mol. The molecule has 3 rings (SSSR count). The van der Waals surface area contributed by atoms with Crippen LogP contribution in [0.5, 0.6) is 0 Å². The second kappa shape index (κ2) is 7.06. The van der Waals surface area contributed by atoms with E-state index in [1.54, 1.807) is 25.6 Å². The topological polar surface area (TPSA) is 55.5 Å². The molecule has 0 aliphatic heterocycles. The van der Waals surface area contributed by atoms with E-state index in [0.717, 1.165) is 22.4 Å². The second-order valence-electron chi connectivity index (χ2n) is 5.13. The van der Waals surface area contributed by atoms with Gasteiger partial charge in [-0.15, -0.1) is 10.2 Å². The largest absolute Gasteiger partial charge is 0.383 e. The molecule has 0 fully saturated rings. The van der Waals surface area contributed by atoms with E-state index in [9.17, 15) is 0 Å². The lowest BCUT2D eigenvalue weighted by Crippen LogP contribution is -2.27. The van der Waals surface area contributed by atoms with Crippen LogP contribution in [0.3, 0.4) is 0 Å². The average Bonchev–Trinajstić information content (AvgIpc) is 3.09. The molecule has 3 aromatic rings. The molecular formula is C18H19N5O. The first kappa shape index (κ1) is 15.9. The van der Waals surface area contributed by atoms with Gasteiger partial charge in [0.1, 0.15) is 12.1 Å². The minimum Gasteiger partial charge on any atom is -0.383 e. The summed E-state index contributed by atoms with van der Waals surface area (Å²) in [5.41, 5.74) is 1.88.